The summed E-state index contributed by atoms with van der Waals surface area (Å²) in [6.45, 7) is 7.62. The van der Waals surface area contributed by atoms with Crippen LogP contribution in [-0.4, -0.2) is 73.6 Å². The molecule has 17 heteroatoms. The Labute approximate surface area is 236 Å². The number of rotatable bonds is 15. The fourth-order valence-electron chi connectivity index (χ4n) is 3.22. The minimum absolute atomic E-state index is 0.122. The third kappa shape index (κ3) is 10.2. The molecule has 0 radical (unpaired) electrons. The van der Waals surface area contributed by atoms with Gasteiger partial charge < -0.3 is 9.26 Å². The molecular weight excluding hydrogens is 603 g/mol. The molecule has 1 aromatic heterocycles. The number of carbonyl (C=O) groups excluding carboxylic acids is 2. The Hall–Kier alpha value is -2.30. The largest absolute Gasteiger partial charge is 0.464 e. The number of nitrogens with one attached hydrogen (secondary N) is 1. The van der Waals surface area contributed by atoms with E-state index in [1.165, 1.54) is 6.07 Å². The molecule has 0 spiro atoms. The number of sulfone groups is 2. The minimum Gasteiger partial charge on any atom is -0.464 e. The summed E-state index contributed by atoms with van der Waals surface area (Å²) in [5.41, 5.74) is -0.983. The average molecular weight is 641 g/mol. The number of anilines is 1. The van der Waals surface area contributed by atoms with Gasteiger partial charge in [0, 0.05) is 24.3 Å². The van der Waals surface area contributed by atoms with Crippen molar-refractivity contribution in [2.45, 2.75) is 101 Å². The maximum atomic E-state index is 13.0. The number of hydrogen-bond acceptors (Lipinski definition) is 9. The Kier molecular flexibility index (Phi) is 11.2. The molecule has 238 valence electrons. The molecule has 0 atom stereocenters. The van der Waals surface area contributed by atoms with Crippen LogP contribution in [0.4, 0.5) is 27.8 Å². The van der Waals surface area contributed by atoms with Gasteiger partial charge in [-0.1, -0.05) is 19.0 Å². The number of alkyl halides is 5. The summed E-state index contributed by atoms with van der Waals surface area (Å²) in [5.74, 6) is -7.07. The van der Waals surface area contributed by atoms with E-state index in [-0.39, 0.29) is 18.0 Å². The van der Waals surface area contributed by atoms with E-state index in [1.807, 2.05) is 0 Å². The van der Waals surface area contributed by atoms with E-state index >= 15 is 0 Å². The zero-order chi connectivity index (χ0) is 32.3. The van der Waals surface area contributed by atoms with Crippen LogP contribution in [0.25, 0.3) is 0 Å². The van der Waals surface area contributed by atoms with Gasteiger partial charge in [-0.2, -0.15) is 13.2 Å². The Balaban J connectivity index is 2.88. The highest BCUT2D eigenvalue weighted by Gasteiger charge is 2.45. The van der Waals surface area contributed by atoms with Crippen LogP contribution in [-0.2, 0) is 39.4 Å². The molecule has 1 aromatic rings. The van der Waals surface area contributed by atoms with Gasteiger partial charge in [0.05, 0.1) is 17.2 Å². The average Bonchev–Trinajstić information content (AvgIpc) is 3.24. The fourth-order valence-corrected chi connectivity index (χ4v) is 5.94. The number of hydrogen-bond donors (Lipinski definition) is 1. The van der Waals surface area contributed by atoms with Crippen molar-refractivity contribution >= 4 is 37.4 Å². The third-order valence-corrected chi connectivity index (χ3v) is 11.6. The van der Waals surface area contributed by atoms with Crippen molar-refractivity contribution in [3.05, 3.63) is 11.8 Å². The van der Waals surface area contributed by atoms with E-state index in [0.717, 1.165) is 27.7 Å². The third-order valence-electron chi connectivity index (χ3n) is 6.50. The molecule has 0 fully saturated rings. The monoisotopic (exact) mass is 640 g/mol. The van der Waals surface area contributed by atoms with Gasteiger partial charge in [-0.15, -0.1) is 0 Å². The normalized spacial score (nSPS) is 14.1. The van der Waals surface area contributed by atoms with Gasteiger partial charge in [-0.3, -0.25) is 14.9 Å². The van der Waals surface area contributed by atoms with Crippen molar-refractivity contribution in [2.24, 2.45) is 0 Å². The van der Waals surface area contributed by atoms with Crippen LogP contribution >= 0.6 is 0 Å². The second kappa shape index (κ2) is 12.5. The molecule has 1 N–H and O–H groups in total. The zero-order valence-electron chi connectivity index (χ0n) is 23.9. The maximum Gasteiger partial charge on any atom is 0.389 e. The highest BCUT2D eigenvalue weighted by Crippen LogP contribution is 2.30. The quantitative estimate of drug-likeness (QED) is 0.214. The van der Waals surface area contributed by atoms with Gasteiger partial charge in [-0.05, 0) is 47.5 Å². The van der Waals surface area contributed by atoms with Crippen molar-refractivity contribution in [1.82, 2.24) is 5.16 Å². The second-order valence-electron chi connectivity index (χ2n) is 11.5. The molecule has 0 aromatic carbocycles. The molecule has 1 heterocycles. The van der Waals surface area contributed by atoms with Gasteiger partial charge in [-0.25, -0.2) is 25.6 Å². The topological polar surface area (TPSA) is 150 Å². The number of esters is 1. The van der Waals surface area contributed by atoms with Crippen molar-refractivity contribution < 1.29 is 57.6 Å². The standard InChI is InChI=1S/C24H37F5N2O8S2/c1-20(2,15-38-19(33)22(5,6)41(36,37)12-8-10-23(7,25)26)16-14-17(39-31-16)30-18(32)21(3,4)40(34,35)13-9-11-24(27,28)29/h14H,8-13,15H2,1-7H3,(H,30,32). The van der Waals surface area contributed by atoms with Crippen molar-refractivity contribution in [3.8, 4) is 0 Å². The number of nitrogens with zero attached hydrogens (tertiary/aromatic N) is 1. The Morgan fingerprint density at radius 2 is 1.34 bits per heavy atom. The second-order valence-corrected chi connectivity index (χ2v) is 16.9. The lowest BCUT2D eigenvalue weighted by Crippen LogP contribution is -2.45. The maximum absolute atomic E-state index is 13.0. The Morgan fingerprint density at radius 3 is 1.83 bits per heavy atom. The summed E-state index contributed by atoms with van der Waals surface area (Å²) < 4.78 is 120. The van der Waals surface area contributed by atoms with E-state index in [2.05, 4.69) is 10.5 Å². The van der Waals surface area contributed by atoms with Crippen molar-refractivity contribution in [1.29, 1.82) is 0 Å². The summed E-state index contributed by atoms with van der Waals surface area (Å²) in [4.78, 5) is 25.3. The Bertz CT molecular complexity index is 1300. The van der Waals surface area contributed by atoms with Gasteiger partial charge in [0.1, 0.15) is 11.4 Å². The predicted molar refractivity (Wildman–Crippen MR) is 140 cm³/mol. The predicted octanol–water partition coefficient (Wildman–Crippen LogP) is 4.60. The molecule has 1 rings (SSSR count). The molecular formula is C24H37F5N2O8S2. The van der Waals surface area contributed by atoms with Crippen LogP contribution in [0, 0.1) is 0 Å². The molecule has 0 bridgehead atoms. The molecule has 0 aliphatic heterocycles. The van der Waals surface area contributed by atoms with Gasteiger partial charge in [0.2, 0.25) is 17.7 Å². The lowest BCUT2D eigenvalue weighted by molar-refractivity contribution is -0.147. The van der Waals surface area contributed by atoms with Crippen molar-refractivity contribution in [2.75, 3.05) is 23.4 Å². The summed E-state index contributed by atoms with van der Waals surface area (Å²) in [7, 11) is -8.46. The van der Waals surface area contributed by atoms with Gasteiger partial charge in [0.15, 0.2) is 24.4 Å². The van der Waals surface area contributed by atoms with E-state index in [9.17, 15) is 48.4 Å². The highest BCUT2D eigenvalue weighted by atomic mass is 32.2. The number of ether oxygens (including phenoxy) is 1. The molecule has 0 saturated carbocycles. The number of halogens is 5. The van der Waals surface area contributed by atoms with Gasteiger partial charge in [0.25, 0.3) is 0 Å². The molecule has 41 heavy (non-hydrogen) atoms. The summed E-state index contributed by atoms with van der Waals surface area (Å²) in [6.07, 6.45) is -7.60. The summed E-state index contributed by atoms with van der Waals surface area (Å²) in [5, 5.41) is 5.99. The molecule has 0 unspecified atom stereocenters. The first kappa shape index (κ1) is 36.7. The molecule has 0 saturated heterocycles. The van der Waals surface area contributed by atoms with Crippen LogP contribution in [0.3, 0.4) is 0 Å². The van der Waals surface area contributed by atoms with E-state index in [1.54, 1.807) is 13.8 Å². The first-order chi connectivity index (χ1) is 18.1. The number of aromatic nitrogens is 1. The first-order valence-electron chi connectivity index (χ1n) is 12.5. The highest BCUT2D eigenvalue weighted by molar-refractivity contribution is 7.93. The number of carbonyl (C=O) groups is 2. The number of amides is 1. The summed E-state index contributed by atoms with van der Waals surface area (Å²) in [6, 6.07) is 1.21. The first-order valence-corrected chi connectivity index (χ1v) is 15.8. The molecule has 10 nitrogen and oxygen atoms in total. The minimum atomic E-state index is -4.54. The SMILES string of the molecule is CC(F)(F)CCCS(=O)(=O)C(C)(C)C(=O)OCC(C)(C)c1cc(NC(=O)C(C)(C)S(=O)(=O)CCCC(F)(F)F)on1. The van der Waals surface area contributed by atoms with Crippen LogP contribution < -0.4 is 5.32 Å². The fraction of sp³-hybridized carbons (Fsp3) is 0.792. The van der Waals surface area contributed by atoms with E-state index in [0.29, 0.717) is 6.92 Å². The van der Waals surface area contributed by atoms with Crippen molar-refractivity contribution in [3.63, 3.8) is 0 Å². The lowest BCUT2D eigenvalue weighted by atomic mass is 9.90. The molecule has 1 amide bonds. The molecule has 0 aliphatic carbocycles. The summed E-state index contributed by atoms with van der Waals surface area (Å²) >= 11 is 0. The van der Waals surface area contributed by atoms with Crippen LogP contribution in [0.1, 0.15) is 79.8 Å². The zero-order valence-corrected chi connectivity index (χ0v) is 25.6. The van der Waals surface area contributed by atoms with Crippen LogP contribution in [0.15, 0.2) is 10.6 Å². The Morgan fingerprint density at radius 1 is 0.854 bits per heavy atom. The van der Waals surface area contributed by atoms with Crippen LogP contribution in [0.5, 0.6) is 0 Å². The molecule has 0 aliphatic rings. The smallest absolute Gasteiger partial charge is 0.389 e. The van der Waals surface area contributed by atoms with E-state index in [4.69, 9.17) is 9.26 Å². The lowest BCUT2D eigenvalue weighted by Gasteiger charge is -2.27. The van der Waals surface area contributed by atoms with E-state index < -0.39 is 95.9 Å². The van der Waals surface area contributed by atoms with Gasteiger partial charge >= 0.3 is 12.1 Å². The van der Waals surface area contributed by atoms with Crippen LogP contribution in [0.2, 0.25) is 0 Å².